The molecule has 2 heterocycles. The third-order valence-corrected chi connectivity index (χ3v) is 2.35. The van der Waals surface area contributed by atoms with Crippen LogP contribution in [0.1, 0.15) is 5.69 Å². The molecule has 0 fully saturated rings. The fourth-order valence-electron chi connectivity index (χ4n) is 1.11. The normalized spacial score (nSPS) is 12.3. The molecule has 0 aliphatic heterocycles. The highest BCUT2D eigenvalue weighted by Gasteiger charge is 2.36. The fraction of sp³-hybridized carbons (Fsp3) is 0.143. The minimum Gasteiger partial charge on any atom is -0.271 e. The van der Waals surface area contributed by atoms with Gasteiger partial charge < -0.3 is 0 Å². The molecule has 0 saturated carbocycles. The molecule has 0 aliphatic carbocycles. The average molecular weight is 266 g/mol. The number of H-pyrrole nitrogens is 1. The van der Waals surface area contributed by atoms with E-state index in [1.807, 2.05) is 5.10 Å². The van der Waals surface area contributed by atoms with Crippen molar-refractivity contribution in [2.24, 2.45) is 0 Å². The van der Waals surface area contributed by atoms with Crippen LogP contribution in [0, 0.1) is 0 Å². The number of aromatic amines is 1. The maximum Gasteiger partial charge on any atom is 0.433 e. The van der Waals surface area contributed by atoms with Crippen LogP contribution in [-0.4, -0.2) is 15.2 Å². The molecule has 1 N–H and O–H groups in total. The molecule has 0 spiro atoms. The first-order valence-corrected chi connectivity index (χ1v) is 4.35. The first-order valence-electron chi connectivity index (χ1n) is 3.56. The van der Waals surface area contributed by atoms with Crippen LogP contribution in [-0.2, 0) is 6.18 Å². The van der Waals surface area contributed by atoms with E-state index in [0.29, 0.717) is 4.47 Å². The van der Waals surface area contributed by atoms with Crippen LogP contribution < -0.4 is 0 Å². The molecule has 0 atom stereocenters. The van der Waals surface area contributed by atoms with Gasteiger partial charge in [-0.15, -0.1) is 0 Å². The second-order valence-electron chi connectivity index (χ2n) is 2.59. The van der Waals surface area contributed by atoms with Gasteiger partial charge in [0.05, 0.1) is 5.39 Å². The maximum absolute atomic E-state index is 12.4. The van der Waals surface area contributed by atoms with Crippen LogP contribution >= 0.6 is 15.9 Å². The first-order chi connectivity index (χ1) is 6.50. The summed E-state index contributed by atoms with van der Waals surface area (Å²) in [5.41, 5.74) is -0.834. The summed E-state index contributed by atoms with van der Waals surface area (Å²) in [5.74, 6) is 0. The van der Waals surface area contributed by atoms with E-state index in [9.17, 15) is 13.2 Å². The Labute approximate surface area is 84.5 Å². The van der Waals surface area contributed by atoms with Crippen molar-refractivity contribution in [3.05, 3.63) is 22.4 Å². The molecule has 3 nitrogen and oxygen atoms in total. The van der Waals surface area contributed by atoms with Crippen molar-refractivity contribution in [2.75, 3.05) is 0 Å². The summed E-state index contributed by atoms with van der Waals surface area (Å²) in [6.45, 7) is 0. The van der Waals surface area contributed by atoms with Crippen LogP contribution in [0.25, 0.3) is 11.0 Å². The number of nitrogens with one attached hydrogen (secondary N) is 1. The van der Waals surface area contributed by atoms with E-state index in [0.717, 1.165) is 0 Å². The van der Waals surface area contributed by atoms with Crippen LogP contribution in [0.5, 0.6) is 0 Å². The highest BCUT2D eigenvalue weighted by atomic mass is 79.9. The van der Waals surface area contributed by atoms with Gasteiger partial charge in [0.25, 0.3) is 0 Å². The Balaban J connectivity index is 2.80. The zero-order valence-electron chi connectivity index (χ0n) is 6.56. The van der Waals surface area contributed by atoms with Crippen molar-refractivity contribution in [1.82, 2.24) is 15.2 Å². The predicted molar refractivity (Wildman–Crippen MR) is 46.6 cm³/mol. The van der Waals surface area contributed by atoms with E-state index < -0.39 is 11.9 Å². The lowest BCUT2D eigenvalue weighted by atomic mass is 10.2. The standard InChI is InChI=1S/C7H3BrF3N3/c8-3-1-2-12-6-4(3)5(13-14-6)7(9,10)11/h1-2H,(H,12,13,14). The molecule has 0 radical (unpaired) electrons. The molecular weight excluding hydrogens is 263 g/mol. The molecule has 0 aromatic carbocycles. The van der Waals surface area contributed by atoms with E-state index in [1.54, 1.807) is 0 Å². The van der Waals surface area contributed by atoms with Crippen molar-refractivity contribution < 1.29 is 13.2 Å². The second-order valence-corrected chi connectivity index (χ2v) is 3.44. The highest BCUT2D eigenvalue weighted by molar-refractivity contribution is 9.10. The Kier molecular flexibility index (Phi) is 1.99. The lowest BCUT2D eigenvalue weighted by Crippen LogP contribution is -2.06. The van der Waals surface area contributed by atoms with Gasteiger partial charge in [-0.2, -0.15) is 18.3 Å². The molecular formula is C7H3BrF3N3. The van der Waals surface area contributed by atoms with Crippen molar-refractivity contribution in [3.63, 3.8) is 0 Å². The van der Waals surface area contributed by atoms with Gasteiger partial charge in [0, 0.05) is 10.7 Å². The van der Waals surface area contributed by atoms with Gasteiger partial charge in [-0.05, 0) is 22.0 Å². The summed E-state index contributed by atoms with van der Waals surface area (Å²) < 4.78 is 37.6. The molecule has 14 heavy (non-hydrogen) atoms. The van der Waals surface area contributed by atoms with E-state index in [-0.39, 0.29) is 11.0 Å². The SMILES string of the molecule is FC(F)(F)c1[nH]nc2nccc(Br)c12. The molecule has 2 aromatic rings. The predicted octanol–water partition coefficient (Wildman–Crippen LogP) is 2.74. The zero-order valence-corrected chi connectivity index (χ0v) is 8.15. The van der Waals surface area contributed by atoms with Crippen molar-refractivity contribution in [1.29, 1.82) is 0 Å². The molecule has 2 rings (SSSR count). The van der Waals surface area contributed by atoms with Gasteiger partial charge >= 0.3 is 6.18 Å². The smallest absolute Gasteiger partial charge is 0.271 e. The summed E-state index contributed by atoms with van der Waals surface area (Å²) in [6.07, 6.45) is -3.06. The number of hydrogen-bond acceptors (Lipinski definition) is 2. The molecule has 7 heteroatoms. The minimum absolute atomic E-state index is 0.0417. The molecule has 0 bridgehead atoms. The summed E-state index contributed by atoms with van der Waals surface area (Å²) in [6, 6.07) is 1.44. The summed E-state index contributed by atoms with van der Waals surface area (Å²) >= 11 is 3.02. The van der Waals surface area contributed by atoms with Gasteiger partial charge in [-0.25, -0.2) is 4.98 Å². The number of fused-ring (bicyclic) bond motifs is 1. The number of alkyl halides is 3. The van der Waals surface area contributed by atoms with Crippen LogP contribution in [0.3, 0.4) is 0 Å². The van der Waals surface area contributed by atoms with Gasteiger partial charge in [0.15, 0.2) is 5.65 Å². The Hall–Kier alpha value is -1.11. The molecule has 0 aliphatic rings. The molecule has 0 saturated heterocycles. The second kappa shape index (κ2) is 2.94. The Morgan fingerprint density at radius 2 is 2.07 bits per heavy atom. The number of rotatable bonds is 0. The van der Waals surface area contributed by atoms with Crippen molar-refractivity contribution in [3.8, 4) is 0 Å². The quantitative estimate of drug-likeness (QED) is 0.796. The Morgan fingerprint density at radius 1 is 1.36 bits per heavy atom. The lowest BCUT2D eigenvalue weighted by molar-refractivity contribution is -0.139. The number of nitrogens with zero attached hydrogens (tertiary/aromatic N) is 2. The Bertz CT molecular complexity index is 476. The van der Waals surface area contributed by atoms with Gasteiger partial charge in [-0.3, -0.25) is 5.10 Å². The molecule has 2 aromatic heterocycles. The molecule has 74 valence electrons. The summed E-state index contributed by atoms with van der Waals surface area (Å²) in [4.78, 5) is 3.70. The topological polar surface area (TPSA) is 41.6 Å². The Morgan fingerprint density at radius 3 is 2.71 bits per heavy atom. The van der Waals surface area contributed by atoms with Gasteiger partial charge in [-0.1, -0.05) is 0 Å². The zero-order chi connectivity index (χ0) is 10.3. The largest absolute Gasteiger partial charge is 0.433 e. The van der Waals surface area contributed by atoms with E-state index in [1.165, 1.54) is 12.3 Å². The highest BCUT2D eigenvalue weighted by Crippen LogP contribution is 2.35. The van der Waals surface area contributed by atoms with Crippen molar-refractivity contribution >= 4 is 27.0 Å². The van der Waals surface area contributed by atoms with E-state index >= 15 is 0 Å². The molecule has 0 amide bonds. The maximum atomic E-state index is 12.4. The monoisotopic (exact) mass is 265 g/mol. The fourth-order valence-corrected chi connectivity index (χ4v) is 1.61. The van der Waals surface area contributed by atoms with E-state index in [4.69, 9.17) is 0 Å². The van der Waals surface area contributed by atoms with Gasteiger partial charge in [0.1, 0.15) is 5.69 Å². The van der Waals surface area contributed by atoms with E-state index in [2.05, 4.69) is 26.0 Å². The number of aromatic nitrogens is 3. The summed E-state index contributed by atoms with van der Waals surface area (Å²) in [5, 5.41) is 5.35. The minimum atomic E-state index is -4.44. The third-order valence-electron chi connectivity index (χ3n) is 1.69. The molecule has 0 unspecified atom stereocenters. The number of hydrogen-bond donors (Lipinski definition) is 1. The van der Waals surface area contributed by atoms with Crippen molar-refractivity contribution in [2.45, 2.75) is 6.18 Å². The average Bonchev–Trinajstić information content (AvgIpc) is 2.47. The van der Waals surface area contributed by atoms with Gasteiger partial charge in [0.2, 0.25) is 0 Å². The number of pyridine rings is 1. The summed E-state index contributed by atoms with van der Waals surface area (Å²) in [7, 11) is 0. The van der Waals surface area contributed by atoms with Crippen LogP contribution in [0.4, 0.5) is 13.2 Å². The first kappa shape index (κ1) is 9.45. The number of halogens is 4. The lowest BCUT2D eigenvalue weighted by Gasteiger charge is -2.03. The van der Waals surface area contributed by atoms with Crippen LogP contribution in [0.2, 0.25) is 0 Å². The third kappa shape index (κ3) is 1.37. The van der Waals surface area contributed by atoms with Crippen LogP contribution in [0.15, 0.2) is 16.7 Å².